The maximum Gasteiger partial charge on any atom is 0.264 e. The van der Waals surface area contributed by atoms with E-state index in [4.69, 9.17) is 0 Å². The summed E-state index contributed by atoms with van der Waals surface area (Å²) in [5.41, 5.74) is 3.31. The summed E-state index contributed by atoms with van der Waals surface area (Å²) in [6, 6.07) is 17.3. The lowest BCUT2D eigenvalue weighted by atomic mass is 10.0. The van der Waals surface area contributed by atoms with E-state index in [1.165, 1.54) is 28.6 Å². The normalized spacial score (nSPS) is 13.6. The number of hydrogen-bond acceptors (Lipinski definition) is 3. The molecule has 30 heavy (non-hydrogen) atoms. The molecule has 0 radical (unpaired) electrons. The lowest BCUT2D eigenvalue weighted by Crippen LogP contribution is -2.35. The fourth-order valence-corrected chi connectivity index (χ4v) is 5.07. The standard InChI is InChI=1S/C23H21FN2O3S/c1-16-4-11-21(12-5-16)30(28,29)26-14-2-3-17-15-18(6-13-22(17)26)23(27)25-20-9-7-19(24)8-10-20/h4-13,15H,2-3,14H2,1H3,(H,25,27). The van der Waals surface area contributed by atoms with Gasteiger partial charge in [0.15, 0.2) is 0 Å². The lowest BCUT2D eigenvalue weighted by molar-refractivity contribution is 0.102. The molecule has 0 bridgehead atoms. The molecule has 0 fully saturated rings. The lowest BCUT2D eigenvalue weighted by Gasteiger charge is -2.30. The summed E-state index contributed by atoms with van der Waals surface area (Å²) in [5, 5.41) is 2.73. The Kier molecular flexibility index (Phi) is 5.30. The van der Waals surface area contributed by atoms with Crippen molar-refractivity contribution in [1.29, 1.82) is 0 Å². The highest BCUT2D eigenvalue weighted by molar-refractivity contribution is 7.92. The van der Waals surface area contributed by atoms with E-state index in [2.05, 4.69) is 5.32 Å². The van der Waals surface area contributed by atoms with Crippen LogP contribution in [0.4, 0.5) is 15.8 Å². The zero-order valence-electron chi connectivity index (χ0n) is 16.4. The highest BCUT2D eigenvalue weighted by atomic mass is 32.2. The number of carbonyl (C=O) groups excluding carboxylic acids is 1. The first kappa shape index (κ1) is 20.1. The van der Waals surface area contributed by atoms with Crippen LogP contribution in [0.25, 0.3) is 0 Å². The van der Waals surface area contributed by atoms with Crippen LogP contribution in [0.1, 0.15) is 27.9 Å². The van der Waals surface area contributed by atoms with E-state index < -0.39 is 10.0 Å². The van der Waals surface area contributed by atoms with E-state index in [1.807, 2.05) is 6.92 Å². The molecule has 0 saturated heterocycles. The van der Waals surface area contributed by atoms with E-state index in [0.29, 0.717) is 36.3 Å². The smallest absolute Gasteiger partial charge is 0.264 e. The van der Waals surface area contributed by atoms with E-state index in [9.17, 15) is 17.6 Å². The van der Waals surface area contributed by atoms with Gasteiger partial charge in [-0.3, -0.25) is 9.10 Å². The molecular formula is C23H21FN2O3S. The number of benzene rings is 3. The Balaban J connectivity index is 1.61. The number of nitrogens with zero attached hydrogens (tertiary/aromatic N) is 1. The first-order valence-corrected chi connectivity index (χ1v) is 11.1. The number of sulfonamides is 1. The van der Waals surface area contributed by atoms with Crippen molar-refractivity contribution in [3.8, 4) is 0 Å². The van der Waals surface area contributed by atoms with Crippen molar-refractivity contribution in [2.45, 2.75) is 24.7 Å². The molecular weight excluding hydrogens is 403 g/mol. The summed E-state index contributed by atoms with van der Waals surface area (Å²) < 4.78 is 40.8. The van der Waals surface area contributed by atoms with Gasteiger partial charge < -0.3 is 5.32 Å². The Labute approximate surface area is 175 Å². The third-order valence-electron chi connectivity index (χ3n) is 5.13. The predicted molar refractivity (Wildman–Crippen MR) is 115 cm³/mol. The summed E-state index contributed by atoms with van der Waals surface area (Å²) in [6.45, 7) is 2.30. The van der Waals surface area contributed by atoms with Gasteiger partial charge in [0, 0.05) is 17.8 Å². The minimum atomic E-state index is -3.68. The van der Waals surface area contributed by atoms with Crippen LogP contribution in [0.15, 0.2) is 71.6 Å². The zero-order valence-corrected chi connectivity index (χ0v) is 17.2. The van der Waals surface area contributed by atoms with Gasteiger partial charge in [-0.1, -0.05) is 17.7 Å². The summed E-state index contributed by atoms with van der Waals surface area (Å²) in [7, 11) is -3.68. The van der Waals surface area contributed by atoms with Gasteiger partial charge >= 0.3 is 0 Å². The van der Waals surface area contributed by atoms with E-state index >= 15 is 0 Å². The number of carbonyl (C=O) groups is 1. The first-order chi connectivity index (χ1) is 14.3. The number of amides is 1. The number of rotatable bonds is 4. The van der Waals surface area contributed by atoms with Crippen molar-refractivity contribution in [2.75, 3.05) is 16.2 Å². The van der Waals surface area contributed by atoms with Crippen LogP contribution in [0.5, 0.6) is 0 Å². The van der Waals surface area contributed by atoms with E-state index in [1.54, 1.807) is 42.5 Å². The second kappa shape index (κ2) is 7.91. The van der Waals surface area contributed by atoms with Crippen LogP contribution in [0.2, 0.25) is 0 Å². The Morgan fingerprint density at radius 2 is 1.70 bits per heavy atom. The monoisotopic (exact) mass is 424 g/mol. The number of aryl methyl sites for hydroxylation is 2. The van der Waals surface area contributed by atoms with Crippen LogP contribution >= 0.6 is 0 Å². The van der Waals surface area contributed by atoms with Crippen LogP contribution < -0.4 is 9.62 Å². The molecule has 0 spiro atoms. The van der Waals surface area contributed by atoms with Gasteiger partial charge in [-0.25, -0.2) is 12.8 Å². The second-order valence-corrected chi connectivity index (χ2v) is 9.16. The predicted octanol–water partition coefficient (Wildman–Crippen LogP) is 4.53. The molecule has 1 aliphatic rings. The zero-order chi connectivity index (χ0) is 21.3. The Morgan fingerprint density at radius 3 is 2.40 bits per heavy atom. The highest BCUT2D eigenvalue weighted by Crippen LogP contribution is 2.33. The fraction of sp³-hybridized carbons (Fsp3) is 0.174. The Morgan fingerprint density at radius 1 is 1.00 bits per heavy atom. The van der Waals surface area contributed by atoms with Gasteiger partial charge in [0.25, 0.3) is 15.9 Å². The van der Waals surface area contributed by atoms with E-state index in [-0.39, 0.29) is 16.6 Å². The molecule has 0 saturated carbocycles. The van der Waals surface area contributed by atoms with Crippen molar-refractivity contribution in [1.82, 2.24) is 0 Å². The third kappa shape index (κ3) is 3.93. The molecule has 0 atom stereocenters. The molecule has 154 valence electrons. The molecule has 0 aromatic heterocycles. The summed E-state index contributed by atoms with van der Waals surface area (Å²) >= 11 is 0. The topological polar surface area (TPSA) is 66.5 Å². The van der Waals surface area contributed by atoms with Gasteiger partial charge in [0.05, 0.1) is 10.6 Å². The van der Waals surface area contributed by atoms with Gasteiger partial charge in [0.2, 0.25) is 0 Å². The average Bonchev–Trinajstić information content (AvgIpc) is 2.74. The molecule has 1 aliphatic heterocycles. The molecule has 7 heteroatoms. The van der Waals surface area contributed by atoms with Crippen molar-refractivity contribution in [2.24, 2.45) is 0 Å². The second-order valence-electron chi connectivity index (χ2n) is 7.30. The Hall–Kier alpha value is -3.19. The number of fused-ring (bicyclic) bond motifs is 1. The quantitative estimate of drug-likeness (QED) is 0.669. The van der Waals surface area contributed by atoms with Gasteiger partial charge in [-0.05, 0) is 79.9 Å². The SMILES string of the molecule is Cc1ccc(S(=O)(=O)N2CCCc3cc(C(=O)Nc4ccc(F)cc4)ccc32)cc1. The van der Waals surface area contributed by atoms with Gasteiger partial charge in [0.1, 0.15) is 5.82 Å². The number of hydrogen-bond donors (Lipinski definition) is 1. The largest absolute Gasteiger partial charge is 0.322 e. The van der Waals surface area contributed by atoms with Crippen LogP contribution in [-0.4, -0.2) is 20.9 Å². The van der Waals surface area contributed by atoms with Crippen molar-refractivity contribution < 1.29 is 17.6 Å². The van der Waals surface area contributed by atoms with Gasteiger partial charge in [-0.15, -0.1) is 0 Å². The van der Waals surface area contributed by atoms with E-state index in [0.717, 1.165) is 11.1 Å². The number of anilines is 2. The molecule has 0 aliphatic carbocycles. The van der Waals surface area contributed by atoms with Crippen molar-refractivity contribution in [3.63, 3.8) is 0 Å². The van der Waals surface area contributed by atoms with Crippen LogP contribution in [0, 0.1) is 12.7 Å². The fourth-order valence-electron chi connectivity index (χ4n) is 3.53. The highest BCUT2D eigenvalue weighted by Gasteiger charge is 2.29. The molecule has 1 heterocycles. The van der Waals surface area contributed by atoms with Crippen molar-refractivity contribution >= 4 is 27.3 Å². The number of halogens is 1. The molecule has 5 nitrogen and oxygen atoms in total. The molecule has 1 amide bonds. The molecule has 3 aromatic rings. The number of nitrogens with one attached hydrogen (secondary N) is 1. The van der Waals surface area contributed by atoms with Crippen LogP contribution in [-0.2, 0) is 16.4 Å². The molecule has 1 N–H and O–H groups in total. The maximum atomic E-state index is 13.2. The maximum absolute atomic E-state index is 13.2. The summed E-state index contributed by atoms with van der Waals surface area (Å²) in [6.07, 6.45) is 1.36. The molecule has 3 aromatic carbocycles. The minimum Gasteiger partial charge on any atom is -0.322 e. The summed E-state index contributed by atoms with van der Waals surface area (Å²) in [4.78, 5) is 12.8. The Bertz CT molecular complexity index is 1190. The van der Waals surface area contributed by atoms with Gasteiger partial charge in [-0.2, -0.15) is 0 Å². The minimum absolute atomic E-state index is 0.249. The molecule has 0 unspecified atom stereocenters. The van der Waals surface area contributed by atoms with Crippen molar-refractivity contribution in [3.05, 3.63) is 89.2 Å². The van der Waals surface area contributed by atoms with Crippen LogP contribution in [0.3, 0.4) is 0 Å². The first-order valence-electron chi connectivity index (χ1n) is 9.64. The molecule has 4 rings (SSSR count). The third-order valence-corrected chi connectivity index (χ3v) is 6.96. The average molecular weight is 424 g/mol. The summed E-state index contributed by atoms with van der Waals surface area (Å²) in [5.74, 6) is -0.709.